The van der Waals surface area contributed by atoms with Crippen LogP contribution in [0.3, 0.4) is 0 Å². The Balaban J connectivity index is 2.41. The second-order valence-electron chi connectivity index (χ2n) is 4.05. The van der Waals surface area contributed by atoms with Crippen molar-refractivity contribution in [3.8, 4) is 0 Å². The number of aryl methyl sites for hydroxylation is 2. The van der Waals surface area contributed by atoms with Crippen LogP contribution in [-0.2, 0) is 4.79 Å². The number of carboxylic acid groups (broad SMARTS) is 1. The van der Waals surface area contributed by atoms with Gasteiger partial charge < -0.3 is 10.4 Å². The van der Waals surface area contributed by atoms with Crippen LogP contribution in [0, 0.1) is 13.8 Å². The molecule has 0 aliphatic heterocycles. The molecule has 0 fully saturated rings. The van der Waals surface area contributed by atoms with Crippen molar-refractivity contribution in [2.24, 2.45) is 0 Å². The molecule has 0 radical (unpaired) electrons. The van der Waals surface area contributed by atoms with Crippen molar-refractivity contribution in [2.75, 3.05) is 6.54 Å². The first-order valence-corrected chi connectivity index (χ1v) is 5.44. The number of pyridine rings is 1. The average molecular weight is 247 g/mol. The Morgan fingerprint density at radius 2 is 2.17 bits per heavy atom. The fraction of sp³-hybridized carbons (Fsp3) is 0.250. The Kier molecular flexibility index (Phi) is 3.01. The molecule has 0 atom stereocenters. The first kappa shape index (κ1) is 12.1. The molecule has 0 aliphatic rings. The van der Waals surface area contributed by atoms with Gasteiger partial charge in [0.15, 0.2) is 0 Å². The Bertz CT molecular complexity index is 631. The van der Waals surface area contributed by atoms with Crippen molar-refractivity contribution in [1.29, 1.82) is 0 Å². The van der Waals surface area contributed by atoms with E-state index < -0.39 is 18.4 Å². The third-order valence-electron chi connectivity index (χ3n) is 2.57. The minimum Gasteiger partial charge on any atom is -0.480 e. The van der Waals surface area contributed by atoms with Crippen LogP contribution in [-0.4, -0.2) is 32.9 Å². The number of hydrogen-bond acceptors (Lipinski definition) is 3. The lowest BCUT2D eigenvalue weighted by Gasteiger charge is -2.03. The zero-order chi connectivity index (χ0) is 13.3. The Morgan fingerprint density at radius 3 is 2.83 bits per heavy atom. The number of carbonyl (C=O) groups is 2. The summed E-state index contributed by atoms with van der Waals surface area (Å²) < 4.78 is 1.65. The van der Waals surface area contributed by atoms with Gasteiger partial charge in [0, 0.05) is 6.20 Å². The van der Waals surface area contributed by atoms with Crippen LogP contribution < -0.4 is 5.32 Å². The summed E-state index contributed by atoms with van der Waals surface area (Å²) in [5, 5.41) is 10.9. The van der Waals surface area contributed by atoms with Crippen molar-refractivity contribution < 1.29 is 14.7 Å². The predicted octanol–water partition coefficient (Wildman–Crippen LogP) is 0.766. The van der Waals surface area contributed by atoms with Crippen LogP contribution in [0.2, 0.25) is 0 Å². The Morgan fingerprint density at radius 1 is 1.44 bits per heavy atom. The lowest BCUT2D eigenvalue weighted by molar-refractivity contribution is -0.135. The largest absolute Gasteiger partial charge is 0.480 e. The van der Waals surface area contributed by atoms with Crippen LogP contribution in [0.25, 0.3) is 5.65 Å². The maximum Gasteiger partial charge on any atom is 0.322 e. The molecule has 94 valence electrons. The monoisotopic (exact) mass is 247 g/mol. The number of carbonyl (C=O) groups excluding carboxylic acids is 1. The van der Waals surface area contributed by atoms with Gasteiger partial charge >= 0.3 is 5.97 Å². The molecule has 2 aromatic rings. The van der Waals surface area contributed by atoms with Gasteiger partial charge in [0.25, 0.3) is 5.91 Å². The zero-order valence-corrected chi connectivity index (χ0v) is 10.1. The predicted molar refractivity (Wildman–Crippen MR) is 64.6 cm³/mol. The van der Waals surface area contributed by atoms with E-state index in [1.807, 2.05) is 19.1 Å². The third kappa shape index (κ3) is 2.17. The van der Waals surface area contributed by atoms with E-state index in [0.717, 1.165) is 5.56 Å². The molecule has 2 N–H and O–H groups in total. The molecule has 0 saturated heterocycles. The molecule has 2 rings (SSSR count). The highest BCUT2D eigenvalue weighted by Crippen LogP contribution is 2.13. The Labute approximate surface area is 103 Å². The average Bonchev–Trinajstić information content (AvgIpc) is 2.61. The molecule has 0 spiro atoms. The summed E-state index contributed by atoms with van der Waals surface area (Å²) >= 11 is 0. The van der Waals surface area contributed by atoms with Crippen LogP contribution >= 0.6 is 0 Å². The number of imidazole rings is 1. The van der Waals surface area contributed by atoms with E-state index in [4.69, 9.17) is 5.11 Å². The standard InChI is InChI=1S/C12H13N3O3/c1-7-3-4-15-9(5-7)14-8(2)11(15)12(18)13-6-10(16)17/h3-5H,6H2,1-2H3,(H,13,18)(H,16,17). The van der Waals surface area contributed by atoms with Gasteiger partial charge in [-0.05, 0) is 31.5 Å². The fourth-order valence-electron chi connectivity index (χ4n) is 1.78. The number of carboxylic acids is 1. The van der Waals surface area contributed by atoms with E-state index >= 15 is 0 Å². The van der Waals surface area contributed by atoms with E-state index in [-0.39, 0.29) is 0 Å². The van der Waals surface area contributed by atoms with Crippen LogP contribution in [0.4, 0.5) is 0 Å². The number of rotatable bonds is 3. The number of aromatic nitrogens is 2. The van der Waals surface area contributed by atoms with E-state index in [2.05, 4.69) is 10.3 Å². The summed E-state index contributed by atoms with van der Waals surface area (Å²) in [5.41, 5.74) is 2.66. The summed E-state index contributed by atoms with van der Waals surface area (Å²) in [4.78, 5) is 26.6. The van der Waals surface area contributed by atoms with Gasteiger partial charge in [-0.3, -0.25) is 14.0 Å². The van der Waals surface area contributed by atoms with Gasteiger partial charge in [0.05, 0.1) is 5.69 Å². The van der Waals surface area contributed by atoms with E-state index in [1.165, 1.54) is 0 Å². The molecule has 1 amide bonds. The minimum absolute atomic E-state index is 0.367. The molecular weight excluding hydrogens is 234 g/mol. The molecule has 6 nitrogen and oxygen atoms in total. The molecule has 0 unspecified atom stereocenters. The summed E-state index contributed by atoms with van der Waals surface area (Å²) in [6.45, 7) is 3.25. The van der Waals surface area contributed by atoms with Crippen molar-refractivity contribution >= 4 is 17.5 Å². The van der Waals surface area contributed by atoms with Gasteiger partial charge in [-0.15, -0.1) is 0 Å². The summed E-state index contributed by atoms with van der Waals surface area (Å²) in [6.07, 6.45) is 1.75. The number of aliphatic carboxylic acids is 1. The van der Waals surface area contributed by atoms with Gasteiger partial charge in [-0.1, -0.05) is 0 Å². The summed E-state index contributed by atoms with van der Waals surface area (Å²) in [7, 11) is 0. The number of nitrogens with one attached hydrogen (secondary N) is 1. The first-order chi connectivity index (χ1) is 8.49. The van der Waals surface area contributed by atoms with Crippen molar-refractivity contribution in [2.45, 2.75) is 13.8 Å². The fourth-order valence-corrected chi connectivity index (χ4v) is 1.78. The number of fused-ring (bicyclic) bond motifs is 1. The molecule has 0 bridgehead atoms. The molecular formula is C12H13N3O3. The molecule has 2 heterocycles. The molecule has 2 aromatic heterocycles. The van der Waals surface area contributed by atoms with Gasteiger partial charge in [-0.2, -0.15) is 0 Å². The quantitative estimate of drug-likeness (QED) is 0.839. The second-order valence-corrected chi connectivity index (χ2v) is 4.05. The highest BCUT2D eigenvalue weighted by Gasteiger charge is 2.16. The SMILES string of the molecule is Cc1ccn2c(C(=O)NCC(=O)O)c(C)nc2c1. The third-order valence-corrected chi connectivity index (χ3v) is 2.57. The number of amides is 1. The van der Waals surface area contributed by atoms with Gasteiger partial charge in [0.2, 0.25) is 0 Å². The molecule has 0 saturated carbocycles. The highest BCUT2D eigenvalue weighted by atomic mass is 16.4. The van der Waals surface area contributed by atoms with Crippen LogP contribution in [0.1, 0.15) is 21.7 Å². The number of nitrogens with zero attached hydrogens (tertiary/aromatic N) is 2. The number of hydrogen-bond donors (Lipinski definition) is 2. The Hall–Kier alpha value is -2.37. The van der Waals surface area contributed by atoms with E-state index in [1.54, 1.807) is 17.5 Å². The maximum atomic E-state index is 11.9. The summed E-state index contributed by atoms with van der Waals surface area (Å²) in [5.74, 6) is -1.52. The van der Waals surface area contributed by atoms with Crippen molar-refractivity contribution in [3.05, 3.63) is 35.3 Å². The topological polar surface area (TPSA) is 83.7 Å². The van der Waals surface area contributed by atoms with E-state index in [0.29, 0.717) is 17.0 Å². The maximum absolute atomic E-state index is 11.9. The molecule has 6 heteroatoms. The smallest absolute Gasteiger partial charge is 0.322 e. The first-order valence-electron chi connectivity index (χ1n) is 5.44. The molecule has 18 heavy (non-hydrogen) atoms. The zero-order valence-electron chi connectivity index (χ0n) is 10.1. The summed E-state index contributed by atoms with van der Waals surface area (Å²) in [6, 6.07) is 3.73. The molecule has 0 aromatic carbocycles. The lowest BCUT2D eigenvalue weighted by atomic mass is 10.3. The highest BCUT2D eigenvalue weighted by molar-refractivity contribution is 5.96. The molecule has 0 aliphatic carbocycles. The van der Waals surface area contributed by atoms with Gasteiger partial charge in [0.1, 0.15) is 17.9 Å². The van der Waals surface area contributed by atoms with Crippen LogP contribution in [0.15, 0.2) is 18.3 Å². The van der Waals surface area contributed by atoms with Crippen molar-refractivity contribution in [1.82, 2.24) is 14.7 Å². The van der Waals surface area contributed by atoms with Crippen LogP contribution in [0.5, 0.6) is 0 Å². The van der Waals surface area contributed by atoms with Crippen molar-refractivity contribution in [3.63, 3.8) is 0 Å². The minimum atomic E-state index is -1.08. The normalized spacial score (nSPS) is 10.6. The van der Waals surface area contributed by atoms with Gasteiger partial charge in [-0.25, -0.2) is 4.98 Å². The lowest BCUT2D eigenvalue weighted by Crippen LogP contribution is -2.30. The van der Waals surface area contributed by atoms with E-state index in [9.17, 15) is 9.59 Å². The second kappa shape index (κ2) is 4.48.